The fraction of sp³-hybridized carbons (Fsp3) is 0.222. The number of benzene rings is 2. The lowest BCUT2D eigenvalue weighted by atomic mass is 9.77. The van der Waals surface area contributed by atoms with Gasteiger partial charge in [-0.1, -0.05) is 57.4 Å². The van der Waals surface area contributed by atoms with Crippen LogP contribution in [0.15, 0.2) is 53.0 Å². The van der Waals surface area contributed by atoms with Crippen molar-refractivity contribution >= 4 is 44.8 Å². The van der Waals surface area contributed by atoms with Gasteiger partial charge in [-0.05, 0) is 53.8 Å². The summed E-state index contributed by atoms with van der Waals surface area (Å²) in [6.07, 6.45) is 5.67. The quantitative estimate of drug-likeness (QED) is 0.538. The number of anilines is 1. The second-order valence-corrected chi connectivity index (χ2v) is 7.63. The third kappa shape index (κ3) is 2.38. The first-order chi connectivity index (χ1) is 10.6. The normalized spacial score (nSPS) is 25.5. The van der Waals surface area contributed by atoms with Crippen molar-refractivity contribution in [1.82, 2.24) is 0 Å². The van der Waals surface area contributed by atoms with Crippen molar-refractivity contribution in [3.63, 3.8) is 0 Å². The Morgan fingerprint density at radius 1 is 1.05 bits per heavy atom. The zero-order valence-corrected chi connectivity index (χ0v) is 14.8. The smallest absolute Gasteiger partial charge is 0.0568 e. The molecular formula is C18H14BrCl2N. The highest BCUT2D eigenvalue weighted by Crippen LogP contribution is 2.51. The fourth-order valence-electron chi connectivity index (χ4n) is 3.63. The van der Waals surface area contributed by atoms with Crippen LogP contribution in [-0.4, -0.2) is 0 Å². The monoisotopic (exact) mass is 393 g/mol. The first kappa shape index (κ1) is 14.6. The highest BCUT2D eigenvalue weighted by Gasteiger charge is 2.38. The third-order valence-electron chi connectivity index (χ3n) is 4.62. The number of fused-ring (bicyclic) bond motifs is 3. The van der Waals surface area contributed by atoms with Gasteiger partial charge in [0, 0.05) is 26.1 Å². The van der Waals surface area contributed by atoms with Crippen LogP contribution in [-0.2, 0) is 0 Å². The van der Waals surface area contributed by atoms with Crippen LogP contribution < -0.4 is 5.32 Å². The molecule has 4 rings (SSSR count). The average Bonchev–Trinajstić information content (AvgIpc) is 2.97. The number of hydrogen-bond acceptors (Lipinski definition) is 1. The Labute approximate surface area is 148 Å². The summed E-state index contributed by atoms with van der Waals surface area (Å²) >= 11 is 16.1. The maximum Gasteiger partial charge on any atom is 0.0568 e. The molecule has 0 bridgehead atoms. The van der Waals surface area contributed by atoms with E-state index in [0.717, 1.165) is 21.5 Å². The van der Waals surface area contributed by atoms with Gasteiger partial charge in [0.15, 0.2) is 0 Å². The molecule has 3 unspecified atom stereocenters. The minimum atomic E-state index is 0.207. The summed E-state index contributed by atoms with van der Waals surface area (Å²) in [4.78, 5) is 0. The fourth-order valence-corrected chi connectivity index (χ4v) is 4.53. The number of hydrogen-bond donors (Lipinski definition) is 1. The van der Waals surface area contributed by atoms with Gasteiger partial charge in [0.1, 0.15) is 0 Å². The van der Waals surface area contributed by atoms with Crippen molar-refractivity contribution in [2.75, 3.05) is 5.32 Å². The second-order valence-electron chi connectivity index (χ2n) is 5.87. The molecule has 4 heteroatoms. The standard InChI is InChI=1S/C18H14BrCl2N/c19-10-4-7-17-15(8-10)12-2-1-3-13(12)18(22-17)14-6-5-11(20)9-16(14)21/h1-2,4-9,12-13,18,22H,3H2. The Hall–Kier alpha value is -0.960. The molecule has 0 saturated heterocycles. The van der Waals surface area contributed by atoms with Gasteiger partial charge in [-0.3, -0.25) is 0 Å². The molecule has 0 aromatic heterocycles. The highest BCUT2D eigenvalue weighted by molar-refractivity contribution is 9.10. The highest BCUT2D eigenvalue weighted by atomic mass is 79.9. The van der Waals surface area contributed by atoms with Crippen LogP contribution >= 0.6 is 39.1 Å². The van der Waals surface area contributed by atoms with E-state index in [9.17, 15) is 0 Å². The molecule has 2 aromatic carbocycles. The number of rotatable bonds is 1. The predicted octanol–water partition coefficient (Wildman–Crippen LogP) is 6.58. The van der Waals surface area contributed by atoms with Gasteiger partial charge in [-0.2, -0.15) is 0 Å². The van der Waals surface area contributed by atoms with E-state index in [0.29, 0.717) is 16.9 Å². The maximum absolute atomic E-state index is 6.45. The van der Waals surface area contributed by atoms with Crippen molar-refractivity contribution < 1.29 is 0 Å². The van der Waals surface area contributed by atoms with Crippen LogP contribution in [0.3, 0.4) is 0 Å². The van der Waals surface area contributed by atoms with Crippen molar-refractivity contribution in [2.24, 2.45) is 5.92 Å². The number of halogens is 3. The van der Waals surface area contributed by atoms with Gasteiger partial charge in [0.05, 0.1) is 6.04 Å². The van der Waals surface area contributed by atoms with E-state index in [1.165, 1.54) is 11.3 Å². The van der Waals surface area contributed by atoms with Crippen molar-refractivity contribution in [3.05, 3.63) is 74.2 Å². The summed E-state index contributed by atoms with van der Waals surface area (Å²) < 4.78 is 1.12. The van der Waals surface area contributed by atoms with Crippen molar-refractivity contribution in [3.8, 4) is 0 Å². The molecule has 1 nitrogen and oxygen atoms in total. The lowest BCUT2D eigenvalue weighted by molar-refractivity contribution is 0.425. The van der Waals surface area contributed by atoms with Gasteiger partial charge in [-0.15, -0.1) is 0 Å². The van der Waals surface area contributed by atoms with E-state index < -0.39 is 0 Å². The lowest BCUT2D eigenvalue weighted by Crippen LogP contribution is -2.29. The van der Waals surface area contributed by atoms with Crippen LogP contribution in [0.2, 0.25) is 10.0 Å². The largest absolute Gasteiger partial charge is 0.378 e. The first-order valence-corrected chi connectivity index (χ1v) is 8.86. The van der Waals surface area contributed by atoms with E-state index >= 15 is 0 Å². The van der Waals surface area contributed by atoms with Gasteiger partial charge < -0.3 is 5.32 Å². The van der Waals surface area contributed by atoms with Crippen molar-refractivity contribution in [1.29, 1.82) is 0 Å². The lowest BCUT2D eigenvalue weighted by Gasteiger charge is -2.38. The maximum atomic E-state index is 6.45. The first-order valence-electron chi connectivity index (χ1n) is 7.31. The molecule has 0 spiro atoms. The van der Waals surface area contributed by atoms with Gasteiger partial charge in [-0.25, -0.2) is 0 Å². The summed E-state index contributed by atoms with van der Waals surface area (Å²) in [5.41, 5.74) is 3.67. The molecule has 2 aliphatic rings. The molecule has 1 aliphatic heterocycles. The number of nitrogens with one attached hydrogen (secondary N) is 1. The summed E-state index contributed by atoms with van der Waals surface area (Å²) in [5, 5.41) is 5.09. The van der Waals surface area contributed by atoms with Gasteiger partial charge >= 0.3 is 0 Å². The number of allylic oxidation sites excluding steroid dienone is 2. The van der Waals surface area contributed by atoms with Crippen LogP contribution in [0.4, 0.5) is 5.69 Å². The molecule has 1 N–H and O–H groups in total. The summed E-state index contributed by atoms with van der Waals surface area (Å²) in [7, 11) is 0. The molecule has 112 valence electrons. The van der Waals surface area contributed by atoms with Gasteiger partial charge in [0.25, 0.3) is 0 Å². The van der Waals surface area contributed by atoms with Crippen LogP contribution in [0.1, 0.15) is 29.5 Å². The minimum absolute atomic E-state index is 0.207. The SMILES string of the molecule is Clc1ccc(C2Nc3ccc(Br)cc3C3C=CCC32)c(Cl)c1. The minimum Gasteiger partial charge on any atom is -0.378 e. The zero-order valence-electron chi connectivity index (χ0n) is 11.7. The Balaban J connectivity index is 1.81. The molecular weight excluding hydrogens is 381 g/mol. The van der Waals surface area contributed by atoms with Gasteiger partial charge in [0.2, 0.25) is 0 Å². The van der Waals surface area contributed by atoms with Crippen LogP contribution in [0, 0.1) is 5.92 Å². The average molecular weight is 395 g/mol. The Morgan fingerprint density at radius 2 is 1.91 bits per heavy atom. The molecule has 0 fully saturated rings. The van der Waals surface area contributed by atoms with E-state index in [4.69, 9.17) is 23.2 Å². The molecule has 0 saturated carbocycles. The second kappa shape index (κ2) is 5.59. The Bertz CT molecular complexity index is 772. The molecule has 22 heavy (non-hydrogen) atoms. The predicted molar refractivity (Wildman–Crippen MR) is 97.0 cm³/mol. The van der Waals surface area contributed by atoms with E-state index in [2.05, 4.69) is 51.6 Å². The Kier molecular flexibility index (Phi) is 3.72. The van der Waals surface area contributed by atoms with E-state index in [-0.39, 0.29) is 6.04 Å². The Morgan fingerprint density at radius 3 is 2.73 bits per heavy atom. The molecule has 2 aromatic rings. The topological polar surface area (TPSA) is 12.0 Å². The molecule has 3 atom stereocenters. The molecule has 0 radical (unpaired) electrons. The van der Waals surface area contributed by atoms with Crippen LogP contribution in [0.5, 0.6) is 0 Å². The van der Waals surface area contributed by atoms with Crippen LogP contribution in [0.25, 0.3) is 0 Å². The third-order valence-corrected chi connectivity index (χ3v) is 5.68. The summed E-state index contributed by atoms with van der Waals surface area (Å²) in [6, 6.07) is 12.4. The van der Waals surface area contributed by atoms with Crippen molar-refractivity contribution in [2.45, 2.75) is 18.4 Å². The molecule has 1 aliphatic carbocycles. The van der Waals surface area contributed by atoms with E-state index in [1.807, 2.05) is 18.2 Å². The summed E-state index contributed by atoms with van der Waals surface area (Å²) in [5.74, 6) is 0.922. The zero-order chi connectivity index (χ0) is 15.3. The molecule has 1 heterocycles. The summed E-state index contributed by atoms with van der Waals surface area (Å²) in [6.45, 7) is 0. The van der Waals surface area contributed by atoms with E-state index in [1.54, 1.807) is 0 Å². The molecule has 0 amide bonds.